The Labute approximate surface area is 99.8 Å². The molecule has 0 bridgehead atoms. The van der Waals surface area contributed by atoms with Crippen molar-refractivity contribution in [3.8, 4) is 0 Å². The molecule has 1 heterocycles. The number of nitrogens with zero attached hydrogens (tertiary/aromatic N) is 1. The summed E-state index contributed by atoms with van der Waals surface area (Å²) in [5.74, 6) is 1.93. The van der Waals surface area contributed by atoms with E-state index in [1.807, 2.05) is 0 Å². The first-order chi connectivity index (χ1) is 7.83. The summed E-state index contributed by atoms with van der Waals surface area (Å²) in [5, 5.41) is 3.82. The van der Waals surface area contributed by atoms with Crippen molar-refractivity contribution >= 4 is 0 Å². The summed E-state index contributed by atoms with van der Waals surface area (Å²) in [4.78, 5) is 2.70. The molecule has 1 N–H and O–H groups in total. The second-order valence-corrected chi connectivity index (χ2v) is 6.29. The summed E-state index contributed by atoms with van der Waals surface area (Å²) in [7, 11) is 0. The lowest BCUT2D eigenvalue weighted by Gasteiger charge is -2.20. The van der Waals surface area contributed by atoms with Gasteiger partial charge >= 0.3 is 0 Å². The van der Waals surface area contributed by atoms with E-state index in [0.717, 1.165) is 23.9 Å². The fourth-order valence-electron chi connectivity index (χ4n) is 3.57. The molecule has 2 heteroatoms. The van der Waals surface area contributed by atoms with E-state index < -0.39 is 0 Å². The quantitative estimate of drug-likeness (QED) is 0.785. The number of nitrogens with one attached hydrogen (secondary N) is 1. The molecule has 1 aliphatic heterocycles. The largest absolute Gasteiger partial charge is 0.312 e. The van der Waals surface area contributed by atoms with Crippen LogP contribution in [0.3, 0.4) is 0 Å². The van der Waals surface area contributed by atoms with Crippen LogP contribution in [0.5, 0.6) is 0 Å². The zero-order valence-corrected chi connectivity index (χ0v) is 10.6. The Morgan fingerprint density at radius 2 is 2.00 bits per heavy atom. The number of hydrogen-bond acceptors (Lipinski definition) is 2. The Kier molecular flexibility index (Phi) is 3.21. The van der Waals surface area contributed by atoms with Gasteiger partial charge in [-0.15, -0.1) is 0 Å². The Hall–Kier alpha value is -0.0800. The Balaban J connectivity index is 1.39. The van der Waals surface area contributed by atoms with E-state index in [0.29, 0.717) is 0 Å². The summed E-state index contributed by atoms with van der Waals surface area (Å²) in [5.41, 5.74) is 0. The van der Waals surface area contributed by atoms with Crippen molar-refractivity contribution in [1.82, 2.24) is 10.2 Å². The Bertz CT molecular complexity index is 237. The summed E-state index contributed by atoms with van der Waals surface area (Å²) < 4.78 is 0. The Morgan fingerprint density at radius 3 is 2.69 bits per heavy atom. The molecule has 0 aromatic rings. The minimum absolute atomic E-state index is 0.799. The summed E-state index contributed by atoms with van der Waals surface area (Å²) in [6.45, 7) is 6.39. The van der Waals surface area contributed by atoms with Gasteiger partial charge < -0.3 is 5.32 Å². The first-order valence-electron chi connectivity index (χ1n) is 7.30. The maximum atomic E-state index is 3.82. The van der Waals surface area contributed by atoms with E-state index >= 15 is 0 Å². The molecule has 16 heavy (non-hydrogen) atoms. The van der Waals surface area contributed by atoms with Crippen LogP contribution in [0.1, 0.15) is 45.4 Å². The predicted molar refractivity (Wildman–Crippen MR) is 67.5 cm³/mol. The van der Waals surface area contributed by atoms with Gasteiger partial charge in [0.15, 0.2) is 0 Å². The van der Waals surface area contributed by atoms with Crippen molar-refractivity contribution < 1.29 is 0 Å². The third-order valence-electron chi connectivity index (χ3n) is 4.99. The van der Waals surface area contributed by atoms with Gasteiger partial charge in [0.2, 0.25) is 0 Å². The van der Waals surface area contributed by atoms with Gasteiger partial charge in [0.05, 0.1) is 0 Å². The molecule has 3 atom stereocenters. The van der Waals surface area contributed by atoms with Crippen LogP contribution in [0.25, 0.3) is 0 Å². The molecule has 0 aromatic heterocycles. The minimum Gasteiger partial charge on any atom is -0.312 e. The first kappa shape index (κ1) is 11.0. The van der Waals surface area contributed by atoms with Crippen LogP contribution in [-0.4, -0.2) is 36.6 Å². The highest BCUT2D eigenvalue weighted by Gasteiger charge is 2.34. The van der Waals surface area contributed by atoms with Crippen molar-refractivity contribution in [3.63, 3.8) is 0 Å². The first-order valence-corrected chi connectivity index (χ1v) is 7.30. The molecule has 0 aromatic carbocycles. The van der Waals surface area contributed by atoms with Crippen molar-refractivity contribution in [2.24, 2.45) is 11.8 Å². The van der Waals surface area contributed by atoms with Gasteiger partial charge in [0, 0.05) is 25.2 Å². The SMILES string of the molecule is CC1CCCC1CNC1CCN(C2CC2)C1. The van der Waals surface area contributed by atoms with Gasteiger partial charge in [0.25, 0.3) is 0 Å². The van der Waals surface area contributed by atoms with Gasteiger partial charge in [-0.2, -0.15) is 0 Å². The summed E-state index contributed by atoms with van der Waals surface area (Å²) in [6.07, 6.45) is 8.71. The molecule has 3 fully saturated rings. The van der Waals surface area contributed by atoms with Crippen LogP contribution in [0.2, 0.25) is 0 Å². The second-order valence-electron chi connectivity index (χ2n) is 6.29. The van der Waals surface area contributed by atoms with E-state index in [-0.39, 0.29) is 0 Å². The van der Waals surface area contributed by atoms with Crippen molar-refractivity contribution in [1.29, 1.82) is 0 Å². The number of rotatable bonds is 4. The predicted octanol–water partition coefficient (Wildman–Crippen LogP) is 2.25. The van der Waals surface area contributed by atoms with Crippen LogP contribution in [0.4, 0.5) is 0 Å². The summed E-state index contributed by atoms with van der Waals surface area (Å²) in [6, 6.07) is 1.77. The molecule has 3 aliphatic rings. The van der Waals surface area contributed by atoms with E-state index in [1.54, 1.807) is 0 Å². The van der Waals surface area contributed by atoms with Crippen LogP contribution in [0.15, 0.2) is 0 Å². The molecule has 2 nitrogen and oxygen atoms in total. The lowest BCUT2D eigenvalue weighted by molar-refractivity contribution is 0.309. The van der Waals surface area contributed by atoms with Gasteiger partial charge in [-0.05, 0) is 44.1 Å². The topological polar surface area (TPSA) is 15.3 Å². The molecule has 0 radical (unpaired) electrons. The van der Waals surface area contributed by atoms with Gasteiger partial charge in [-0.1, -0.05) is 19.8 Å². The maximum absolute atomic E-state index is 3.82. The number of likely N-dealkylation sites (tertiary alicyclic amines) is 1. The normalized spacial score (nSPS) is 40.7. The smallest absolute Gasteiger partial charge is 0.0207 e. The number of hydrogen-bond donors (Lipinski definition) is 1. The highest BCUT2D eigenvalue weighted by molar-refractivity contribution is 4.92. The van der Waals surface area contributed by atoms with Gasteiger partial charge in [0.1, 0.15) is 0 Å². The molecular formula is C14H26N2. The average molecular weight is 222 g/mol. The molecule has 0 amide bonds. The zero-order chi connectivity index (χ0) is 11.0. The molecule has 2 saturated carbocycles. The highest BCUT2D eigenvalue weighted by atomic mass is 15.2. The zero-order valence-electron chi connectivity index (χ0n) is 10.6. The Morgan fingerprint density at radius 1 is 1.12 bits per heavy atom. The standard InChI is InChI=1S/C14H26N2/c1-11-3-2-4-12(11)9-15-13-7-8-16(10-13)14-5-6-14/h11-15H,2-10H2,1H3. The second kappa shape index (κ2) is 4.66. The molecular weight excluding hydrogens is 196 g/mol. The lowest BCUT2D eigenvalue weighted by Crippen LogP contribution is -2.36. The highest BCUT2D eigenvalue weighted by Crippen LogP contribution is 2.32. The van der Waals surface area contributed by atoms with Crippen molar-refractivity contribution in [3.05, 3.63) is 0 Å². The van der Waals surface area contributed by atoms with E-state index in [1.165, 1.54) is 58.2 Å². The molecule has 3 unspecified atom stereocenters. The molecule has 1 saturated heterocycles. The van der Waals surface area contributed by atoms with Crippen molar-refractivity contribution in [2.75, 3.05) is 19.6 Å². The van der Waals surface area contributed by atoms with Crippen LogP contribution in [0, 0.1) is 11.8 Å². The molecule has 2 aliphatic carbocycles. The molecule has 0 spiro atoms. The van der Waals surface area contributed by atoms with Gasteiger partial charge in [-0.25, -0.2) is 0 Å². The summed E-state index contributed by atoms with van der Waals surface area (Å²) >= 11 is 0. The van der Waals surface area contributed by atoms with Crippen molar-refractivity contribution in [2.45, 2.75) is 57.5 Å². The fraction of sp³-hybridized carbons (Fsp3) is 1.00. The van der Waals surface area contributed by atoms with Gasteiger partial charge in [-0.3, -0.25) is 4.90 Å². The third-order valence-corrected chi connectivity index (χ3v) is 4.99. The third kappa shape index (κ3) is 2.43. The molecule has 92 valence electrons. The van der Waals surface area contributed by atoms with E-state index in [4.69, 9.17) is 0 Å². The minimum atomic E-state index is 0.799. The molecule has 3 rings (SSSR count). The average Bonchev–Trinajstić information content (AvgIpc) is 2.89. The van der Waals surface area contributed by atoms with Crippen LogP contribution < -0.4 is 5.32 Å². The lowest BCUT2D eigenvalue weighted by atomic mass is 9.98. The van der Waals surface area contributed by atoms with E-state index in [9.17, 15) is 0 Å². The van der Waals surface area contributed by atoms with Crippen LogP contribution in [-0.2, 0) is 0 Å². The fourth-order valence-corrected chi connectivity index (χ4v) is 3.57. The maximum Gasteiger partial charge on any atom is 0.0207 e. The van der Waals surface area contributed by atoms with E-state index in [2.05, 4.69) is 17.1 Å². The monoisotopic (exact) mass is 222 g/mol. The van der Waals surface area contributed by atoms with Crippen LogP contribution >= 0.6 is 0 Å².